The number of rotatable bonds is 5. The van der Waals surface area contributed by atoms with Crippen LogP contribution >= 0.6 is 22.7 Å². The van der Waals surface area contributed by atoms with Gasteiger partial charge in [0, 0.05) is 56.4 Å². The molecule has 6 rings (SSSR count). The SMILES string of the molecule is C.Cc1cnc(N)s1.Cc1cnc(NC(=O)Cc2coc3ncccc23)s1.O=C(O)Cc1coc2ncccc12. The fourth-order valence-corrected chi connectivity index (χ4v) is 4.62. The Bertz CT molecular complexity index is 1690. The van der Waals surface area contributed by atoms with Crippen molar-refractivity contribution in [3.8, 4) is 0 Å². The summed E-state index contributed by atoms with van der Waals surface area (Å²) in [7, 11) is 0. The molecule has 0 aliphatic carbocycles. The van der Waals surface area contributed by atoms with Crippen LogP contribution in [-0.2, 0) is 22.4 Å². The number of anilines is 2. The topological polar surface area (TPSA) is 170 Å². The summed E-state index contributed by atoms with van der Waals surface area (Å²) < 4.78 is 10.4. The molecule has 0 spiro atoms. The molecule has 0 unspecified atom stereocenters. The predicted octanol–water partition coefficient (Wildman–Crippen LogP) is 5.90. The van der Waals surface area contributed by atoms with Crippen molar-refractivity contribution in [3.63, 3.8) is 0 Å². The van der Waals surface area contributed by atoms with E-state index in [1.807, 2.05) is 26.0 Å². The molecule has 0 aliphatic rings. The van der Waals surface area contributed by atoms with Gasteiger partial charge in [0.05, 0.1) is 25.4 Å². The molecule has 11 nitrogen and oxygen atoms in total. The van der Waals surface area contributed by atoms with Crippen LogP contribution in [0.15, 0.2) is 70.4 Å². The summed E-state index contributed by atoms with van der Waals surface area (Å²) in [6, 6.07) is 7.26. The number of aliphatic carboxylic acids is 1. The number of nitrogens with one attached hydrogen (secondary N) is 1. The molecule has 0 saturated heterocycles. The van der Waals surface area contributed by atoms with Gasteiger partial charge in [-0.25, -0.2) is 19.9 Å². The molecule has 0 aromatic carbocycles. The van der Waals surface area contributed by atoms with Gasteiger partial charge in [-0.2, -0.15) is 0 Å². The van der Waals surface area contributed by atoms with E-state index in [0.717, 1.165) is 26.1 Å². The average Bonchev–Trinajstić information content (AvgIpc) is 3.69. The van der Waals surface area contributed by atoms with Gasteiger partial charge in [-0.3, -0.25) is 9.59 Å². The number of amides is 1. The lowest BCUT2D eigenvalue weighted by atomic mass is 10.1. The van der Waals surface area contributed by atoms with Crippen molar-refractivity contribution in [2.45, 2.75) is 34.1 Å². The highest BCUT2D eigenvalue weighted by Gasteiger charge is 2.12. The standard InChI is InChI=1S/C13H11N3O2S.C9H7NO3.C4H6N2S.CH4/c1-8-6-15-13(19-8)16-11(17)5-9-7-18-12-10(9)3-2-4-14-12;11-8(12)4-6-5-13-9-7(6)2-1-3-10-9;1-3-2-6-4(5)7-3;/h2-4,6-7H,5H2,1H3,(H,15,16,17);1-3,5H,4H2,(H,11,12);2H,1H3,(H2,5,6);1H4. The molecule has 0 saturated carbocycles. The first-order chi connectivity index (χ1) is 18.8. The lowest BCUT2D eigenvalue weighted by Crippen LogP contribution is -2.13. The predicted molar refractivity (Wildman–Crippen MR) is 157 cm³/mol. The van der Waals surface area contributed by atoms with E-state index in [4.69, 9.17) is 19.7 Å². The number of hydrogen-bond acceptors (Lipinski definition) is 11. The zero-order valence-electron chi connectivity index (χ0n) is 21.0. The van der Waals surface area contributed by atoms with Crippen LogP contribution in [0.1, 0.15) is 28.3 Å². The van der Waals surface area contributed by atoms with Crippen LogP contribution < -0.4 is 11.1 Å². The van der Waals surface area contributed by atoms with Crippen LogP contribution in [0.25, 0.3) is 22.2 Å². The first-order valence-electron chi connectivity index (χ1n) is 11.5. The number of carbonyl (C=O) groups excluding carboxylic acids is 1. The highest BCUT2D eigenvalue weighted by Crippen LogP contribution is 2.21. The van der Waals surface area contributed by atoms with Crippen molar-refractivity contribution in [1.82, 2.24) is 19.9 Å². The zero-order valence-corrected chi connectivity index (χ0v) is 22.6. The van der Waals surface area contributed by atoms with Crippen LogP contribution in [0.4, 0.5) is 10.3 Å². The Morgan fingerprint density at radius 2 is 1.43 bits per heavy atom. The van der Waals surface area contributed by atoms with Gasteiger partial charge in [0.25, 0.3) is 0 Å². The van der Waals surface area contributed by atoms with Crippen molar-refractivity contribution < 1.29 is 23.5 Å². The van der Waals surface area contributed by atoms with E-state index in [1.165, 1.54) is 28.9 Å². The summed E-state index contributed by atoms with van der Waals surface area (Å²) in [6.45, 7) is 3.93. The quantitative estimate of drug-likeness (QED) is 0.223. The van der Waals surface area contributed by atoms with E-state index in [2.05, 4.69) is 25.3 Å². The number of carbonyl (C=O) groups is 2. The summed E-state index contributed by atoms with van der Waals surface area (Å²) in [6.07, 6.45) is 9.99. The first-order valence-corrected chi connectivity index (χ1v) is 13.2. The second-order valence-corrected chi connectivity index (χ2v) is 10.6. The monoisotopic (exact) mass is 580 g/mol. The molecule has 6 aromatic heterocycles. The number of nitrogens with two attached hydrogens (primary N) is 1. The van der Waals surface area contributed by atoms with E-state index < -0.39 is 5.97 Å². The maximum atomic E-state index is 11.9. The lowest BCUT2D eigenvalue weighted by Gasteiger charge is -1.99. The van der Waals surface area contributed by atoms with Crippen molar-refractivity contribution in [1.29, 1.82) is 0 Å². The van der Waals surface area contributed by atoms with Crippen molar-refractivity contribution in [3.05, 3.63) is 82.5 Å². The Morgan fingerprint density at radius 3 is 1.88 bits per heavy atom. The molecule has 1 amide bonds. The summed E-state index contributed by atoms with van der Waals surface area (Å²) in [5, 5.41) is 14.3. The molecule has 0 atom stereocenters. The first kappa shape index (κ1) is 29.9. The number of nitrogen functional groups attached to an aromatic ring is 1. The second kappa shape index (κ2) is 14.0. The molecule has 13 heteroatoms. The highest BCUT2D eigenvalue weighted by molar-refractivity contribution is 7.15. The number of hydrogen-bond donors (Lipinski definition) is 3. The van der Waals surface area contributed by atoms with E-state index in [1.54, 1.807) is 43.2 Å². The van der Waals surface area contributed by atoms with Crippen molar-refractivity contribution in [2.24, 2.45) is 0 Å². The van der Waals surface area contributed by atoms with Gasteiger partial charge in [0.2, 0.25) is 17.3 Å². The zero-order chi connectivity index (χ0) is 27.8. The van der Waals surface area contributed by atoms with Gasteiger partial charge in [-0.05, 0) is 38.1 Å². The van der Waals surface area contributed by atoms with E-state index in [-0.39, 0.29) is 26.2 Å². The second-order valence-electron chi connectivity index (χ2n) is 8.11. The van der Waals surface area contributed by atoms with Crippen molar-refractivity contribution in [2.75, 3.05) is 11.1 Å². The molecule has 0 aliphatic heterocycles. The number of carboxylic acid groups (broad SMARTS) is 1. The van der Waals surface area contributed by atoms with Crippen LogP contribution in [0.2, 0.25) is 0 Å². The number of aryl methyl sites for hydroxylation is 2. The van der Waals surface area contributed by atoms with E-state index in [0.29, 0.717) is 27.3 Å². The summed E-state index contributed by atoms with van der Waals surface area (Å²) in [5.74, 6) is -0.979. The summed E-state index contributed by atoms with van der Waals surface area (Å²) in [5.41, 5.74) is 7.81. The minimum atomic E-state index is -0.869. The molecule has 0 fully saturated rings. The fraction of sp³-hybridized carbons (Fsp3) is 0.185. The third-order valence-corrected chi connectivity index (χ3v) is 6.63. The summed E-state index contributed by atoms with van der Waals surface area (Å²) in [4.78, 5) is 40.6. The lowest BCUT2D eigenvalue weighted by molar-refractivity contribution is -0.136. The number of nitrogens with zero attached hydrogens (tertiary/aromatic N) is 4. The molecular formula is C27H28N6O5S2. The number of furan rings is 2. The van der Waals surface area contributed by atoms with E-state index in [9.17, 15) is 9.59 Å². The van der Waals surface area contributed by atoms with Crippen molar-refractivity contribution >= 4 is 67.0 Å². The average molecular weight is 581 g/mol. The fourth-order valence-electron chi connectivity index (χ4n) is 3.40. The van der Waals surface area contributed by atoms with Crippen LogP contribution in [-0.4, -0.2) is 36.9 Å². The van der Waals surface area contributed by atoms with Gasteiger partial charge >= 0.3 is 5.97 Å². The molecular weight excluding hydrogens is 552 g/mol. The maximum Gasteiger partial charge on any atom is 0.307 e. The van der Waals surface area contributed by atoms with Gasteiger partial charge in [-0.1, -0.05) is 7.43 Å². The third-order valence-electron chi connectivity index (χ3n) is 5.06. The van der Waals surface area contributed by atoms with Crippen LogP contribution in [0, 0.1) is 13.8 Å². The van der Waals surface area contributed by atoms with Crippen LogP contribution in [0.3, 0.4) is 0 Å². The Morgan fingerprint density at radius 1 is 0.875 bits per heavy atom. The Balaban J connectivity index is 0.000000182. The largest absolute Gasteiger partial charge is 0.481 e. The van der Waals surface area contributed by atoms with Crippen LogP contribution in [0.5, 0.6) is 0 Å². The molecule has 0 bridgehead atoms. The van der Waals surface area contributed by atoms with Gasteiger partial charge in [0.15, 0.2) is 10.3 Å². The normalized spacial score (nSPS) is 10.2. The molecule has 6 aromatic rings. The Hall–Kier alpha value is -4.62. The molecule has 0 radical (unpaired) electrons. The number of thiazole rings is 2. The molecule has 6 heterocycles. The number of fused-ring (bicyclic) bond motifs is 2. The molecule has 208 valence electrons. The molecule has 4 N–H and O–H groups in total. The Labute approximate surface area is 237 Å². The van der Waals surface area contributed by atoms with E-state index >= 15 is 0 Å². The van der Waals surface area contributed by atoms with Gasteiger partial charge < -0.3 is 25.0 Å². The Kier molecular flexibility index (Phi) is 10.4. The van der Waals surface area contributed by atoms with Gasteiger partial charge in [-0.15, -0.1) is 22.7 Å². The minimum absolute atomic E-state index is 0. The smallest absolute Gasteiger partial charge is 0.307 e. The maximum absolute atomic E-state index is 11.9. The number of pyridine rings is 2. The summed E-state index contributed by atoms with van der Waals surface area (Å²) >= 11 is 2.96. The minimum Gasteiger partial charge on any atom is -0.481 e. The number of carboxylic acids is 1. The van der Waals surface area contributed by atoms with Gasteiger partial charge in [0.1, 0.15) is 0 Å². The molecule has 40 heavy (non-hydrogen) atoms. The number of aromatic nitrogens is 4. The highest BCUT2D eigenvalue weighted by atomic mass is 32.1. The third kappa shape index (κ3) is 8.19.